The second-order valence-electron chi connectivity index (χ2n) is 5.82. The molecule has 18 heavy (non-hydrogen) atoms. The van der Waals surface area contributed by atoms with Crippen LogP contribution in [0.2, 0.25) is 0 Å². The van der Waals surface area contributed by atoms with Gasteiger partial charge in [0.05, 0.1) is 0 Å². The lowest BCUT2D eigenvalue weighted by Gasteiger charge is -2.38. The Morgan fingerprint density at radius 1 is 1.17 bits per heavy atom. The normalized spacial score (nSPS) is 25.7. The fourth-order valence-corrected chi connectivity index (χ4v) is 3.27. The highest BCUT2D eigenvalue weighted by Crippen LogP contribution is 2.24. The Labute approximate surface area is 111 Å². The zero-order valence-electron chi connectivity index (χ0n) is 11.8. The van der Waals surface area contributed by atoms with Crippen LogP contribution in [-0.4, -0.2) is 68.3 Å². The van der Waals surface area contributed by atoms with Crippen molar-refractivity contribution in [2.24, 2.45) is 5.73 Å². The van der Waals surface area contributed by atoms with Crippen LogP contribution in [0.3, 0.4) is 0 Å². The summed E-state index contributed by atoms with van der Waals surface area (Å²) < 4.78 is 5.08. The van der Waals surface area contributed by atoms with E-state index in [1.807, 2.05) is 0 Å². The van der Waals surface area contributed by atoms with Crippen LogP contribution in [0.5, 0.6) is 0 Å². The summed E-state index contributed by atoms with van der Waals surface area (Å²) in [5, 5.41) is 0. The van der Waals surface area contributed by atoms with Crippen molar-refractivity contribution in [1.29, 1.82) is 0 Å². The number of hydrogen-bond donors (Lipinski definition) is 1. The Bertz CT molecular complexity index is 223. The Balaban J connectivity index is 1.63. The molecule has 0 radical (unpaired) electrons. The van der Waals surface area contributed by atoms with E-state index < -0.39 is 0 Å². The minimum absolute atomic E-state index is 0.267. The van der Waals surface area contributed by atoms with E-state index >= 15 is 0 Å². The van der Waals surface area contributed by atoms with Gasteiger partial charge in [-0.15, -0.1) is 0 Å². The zero-order chi connectivity index (χ0) is 12.8. The fourth-order valence-electron chi connectivity index (χ4n) is 3.27. The Morgan fingerprint density at radius 2 is 1.83 bits per heavy atom. The van der Waals surface area contributed by atoms with Gasteiger partial charge in [-0.25, -0.2) is 0 Å². The van der Waals surface area contributed by atoms with Crippen LogP contribution in [0.25, 0.3) is 0 Å². The molecule has 1 saturated heterocycles. The molecule has 0 aromatic rings. The lowest BCUT2D eigenvalue weighted by atomic mass is 10.1. The number of ether oxygens (including phenoxy) is 1. The summed E-state index contributed by atoms with van der Waals surface area (Å²) in [7, 11) is 1.74. The second-order valence-corrected chi connectivity index (χ2v) is 5.82. The third kappa shape index (κ3) is 4.19. The zero-order valence-corrected chi connectivity index (χ0v) is 11.8. The summed E-state index contributed by atoms with van der Waals surface area (Å²) in [6.45, 7) is 6.67. The third-order valence-electron chi connectivity index (χ3n) is 4.43. The first-order valence-electron chi connectivity index (χ1n) is 7.50. The second kappa shape index (κ2) is 7.43. The average Bonchev–Trinajstić information content (AvgIpc) is 2.91. The van der Waals surface area contributed by atoms with Crippen LogP contribution < -0.4 is 5.73 Å². The van der Waals surface area contributed by atoms with Crippen molar-refractivity contribution < 1.29 is 4.74 Å². The molecule has 1 saturated carbocycles. The first kappa shape index (κ1) is 14.3. The molecule has 1 heterocycles. The Hall–Kier alpha value is -0.160. The first-order valence-corrected chi connectivity index (χ1v) is 7.50. The van der Waals surface area contributed by atoms with Gasteiger partial charge in [0, 0.05) is 58.5 Å². The first-order chi connectivity index (χ1) is 8.79. The van der Waals surface area contributed by atoms with E-state index in [1.54, 1.807) is 7.11 Å². The molecule has 1 unspecified atom stereocenters. The summed E-state index contributed by atoms with van der Waals surface area (Å²) in [4.78, 5) is 5.22. The number of nitrogens with zero attached hydrogens (tertiary/aromatic N) is 2. The van der Waals surface area contributed by atoms with E-state index in [9.17, 15) is 0 Å². The van der Waals surface area contributed by atoms with Gasteiger partial charge in [0.15, 0.2) is 0 Å². The van der Waals surface area contributed by atoms with Gasteiger partial charge in [-0.1, -0.05) is 12.8 Å². The van der Waals surface area contributed by atoms with Crippen molar-refractivity contribution >= 4 is 0 Å². The standard InChI is InChI=1S/C14H29N3O/c1-18-11-6-13(15)12-16-7-9-17(10-8-16)14-4-2-3-5-14/h13-14H,2-12,15H2,1H3. The van der Waals surface area contributed by atoms with Crippen molar-refractivity contribution in [1.82, 2.24) is 9.80 Å². The number of piperazine rings is 1. The monoisotopic (exact) mass is 255 g/mol. The number of nitrogens with two attached hydrogens (primary N) is 1. The summed E-state index contributed by atoms with van der Waals surface area (Å²) >= 11 is 0. The van der Waals surface area contributed by atoms with Crippen LogP contribution in [0.4, 0.5) is 0 Å². The van der Waals surface area contributed by atoms with Gasteiger partial charge in [-0.3, -0.25) is 9.80 Å². The maximum absolute atomic E-state index is 6.11. The van der Waals surface area contributed by atoms with Crippen molar-refractivity contribution in [3.05, 3.63) is 0 Å². The minimum Gasteiger partial charge on any atom is -0.385 e. The molecule has 4 nitrogen and oxygen atoms in total. The Morgan fingerprint density at radius 3 is 2.44 bits per heavy atom. The quantitative estimate of drug-likeness (QED) is 0.766. The van der Waals surface area contributed by atoms with Gasteiger partial charge in [-0.05, 0) is 19.3 Å². The molecule has 4 heteroatoms. The molecule has 1 aliphatic carbocycles. The highest BCUT2D eigenvalue weighted by Gasteiger charge is 2.26. The van der Waals surface area contributed by atoms with Crippen molar-refractivity contribution in [3.63, 3.8) is 0 Å². The smallest absolute Gasteiger partial charge is 0.0477 e. The topological polar surface area (TPSA) is 41.7 Å². The van der Waals surface area contributed by atoms with Gasteiger partial charge in [0.25, 0.3) is 0 Å². The molecule has 0 spiro atoms. The summed E-state index contributed by atoms with van der Waals surface area (Å²) in [6, 6.07) is 1.15. The van der Waals surface area contributed by atoms with Crippen LogP contribution in [0.15, 0.2) is 0 Å². The lowest BCUT2D eigenvalue weighted by Crippen LogP contribution is -2.52. The van der Waals surface area contributed by atoms with Crippen LogP contribution in [0.1, 0.15) is 32.1 Å². The van der Waals surface area contributed by atoms with Crippen molar-refractivity contribution in [2.75, 3.05) is 46.4 Å². The molecular weight excluding hydrogens is 226 g/mol. The predicted octanol–water partition coefficient (Wildman–Crippen LogP) is 0.910. The predicted molar refractivity (Wildman–Crippen MR) is 74.7 cm³/mol. The molecule has 0 amide bonds. The molecule has 2 aliphatic rings. The van der Waals surface area contributed by atoms with Crippen molar-refractivity contribution in [3.8, 4) is 0 Å². The molecule has 1 atom stereocenters. The maximum Gasteiger partial charge on any atom is 0.0477 e. The molecular formula is C14H29N3O. The molecule has 2 rings (SSSR count). The number of hydrogen-bond acceptors (Lipinski definition) is 4. The van der Waals surface area contributed by atoms with Gasteiger partial charge in [0.2, 0.25) is 0 Å². The van der Waals surface area contributed by atoms with Crippen LogP contribution in [-0.2, 0) is 4.74 Å². The fraction of sp³-hybridized carbons (Fsp3) is 1.00. The summed E-state index contributed by atoms with van der Waals surface area (Å²) in [5.41, 5.74) is 6.11. The average molecular weight is 255 g/mol. The molecule has 1 aliphatic heterocycles. The molecule has 0 bridgehead atoms. The van der Waals surface area contributed by atoms with E-state index in [2.05, 4.69) is 9.80 Å². The molecule has 2 fully saturated rings. The molecule has 106 valence electrons. The number of methoxy groups -OCH3 is 1. The summed E-state index contributed by atoms with van der Waals surface area (Å²) in [5.74, 6) is 0. The van der Waals surface area contributed by atoms with Crippen LogP contribution in [0, 0.1) is 0 Å². The van der Waals surface area contributed by atoms with E-state index in [-0.39, 0.29) is 6.04 Å². The Kier molecular flexibility index (Phi) is 5.89. The third-order valence-corrected chi connectivity index (χ3v) is 4.43. The van der Waals surface area contributed by atoms with Gasteiger partial charge in [-0.2, -0.15) is 0 Å². The molecule has 0 aromatic heterocycles. The lowest BCUT2D eigenvalue weighted by molar-refractivity contribution is 0.0904. The van der Waals surface area contributed by atoms with Crippen molar-refractivity contribution in [2.45, 2.75) is 44.2 Å². The number of rotatable bonds is 6. The minimum atomic E-state index is 0.267. The highest BCUT2D eigenvalue weighted by atomic mass is 16.5. The molecule has 0 aromatic carbocycles. The highest BCUT2D eigenvalue weighted by molar-refractivity contribution is 4.83. The SMILES string of the molecule is COCCC(N)CN1CCN(C2CCCC2)CC1. The van der Waals surface area contributed by atoms with E-state index in [4.69, 9.17) is 10.5 Å². The van der Waals surface area contributed by atoms with Gasteiger partial charge < -0.3 is 10.5 Å². The van der Waals surface area contributed by atoms with Crippen LogP contribution >= 0.6 is 0 Å². The van der Waals surface area contributed by atoms with E-state index in [1.165, 1.54) is 51.9 Å². The van der Waals surface area contributed by atoms with Gasteiger partial charge >= 0.3 is 0 Å². The van der Waals surface area contributed by atoms with Gasteiger partial charge in [0.1, 0.15) is 0 Å². The van der Waals surface area contributed by atoms with E-state index in [0.29, 0.717) is 0 Å². The van der Waals surface area contributed by atoms with E-state index in [0.717, 1.165) is 25.6 Å². The molecule has 2 N–H and O–H groups in total. The summed E-state index contributed by atoms with van der Waals surface area (Å²) in [6.07, 6.45) is 6.69. The largest absolute Gasteiger partial charge is 0.385 e. The maximum atomic E-state index is 6.11.